The summed E-state index contributed by atoms with van der Waals surface area (Å²) in [7, 11) is 0. The lowest BCUT2D eigenvalue weighted by atomic mass is 9.55. The molecule has 0 N–H and O–H groups in total. The fourth-order valence-electron chi connectivity index (χ4n) is 3.87. The third-order valence-corrected chi connectivity index (χ3v) is 5.50. The molecule has 0 amide bonds. The molecule has 0 saturated carbocycles. The predicted octanol–water partition coefficient (Wildman–Crippen LogP) is 4.12. The Kier molecular flexibility index (Phi) is 5.96. The van der Waals surface area contributed by atoms with Gasteiger partial charge in [-0.25, -0.2) is 18.8 Å². The number of aromatic nitrogens is 1. The van der Waals surface area contributed by atoms with E-state index in [1.165, 1.54) is 24.3 Å². The zero-order valence-electron chi connectivity index (χ0n) is 17.7. The molecule has 7 heteroatoms. The second kappa shape index (κ2) is 9.34. The Labute approximate surface area is 191 Å². The molecule has 0 bridgehead atoms. The van der Waals surface area contributed by atoms with Crippen LogP contribution in [0.25, 0.3) is 0 Å². The van der Waals surface area contributed by atoms with Crippen molar-refractivity contribution in [3.8, 4) is 0 Å². The van der Waals surface area contributed by atoms with E-state index in [9.17, 15) is 8.78 Å². The zero-order valence-corrected chi connectivity index (χ0v) is 17.7. The maximum absolute atomic E-state index is 13.6. The summed E-state index contributed by atoms with van der Waals surface area (Å²) in [6, 6.07) is 27.8. The Bertz CT molecular complexity index is 1190. The lowest BCUT2D eigenvalue weighted by molar-refractivity contribution is 0.221. The number of nitrogens with zero attached hydrogens (tertiary/aromatic N) is 3. The number of halogens is 2. The summed E-state index contributed by atoms with van der Waals surface area (Å²) in [6.45, 7) is -0.548. The molecule has 0 fully saturated rings. The highest BCUT2D eigenvalue weighted by Gasteiger charge is 2.34. The molecule has 0 spiro atoms. The van der Waals surface area contributed by atoms with Crippen molar-refractivity contribution < 1.29 is 13.4 Å². The van der Waals surface area contributed by atoms with Crippen molar-refractivity contribution >= 4 is 29.4 Å². The summed E-state index contributed by atoms with van der Waals surface area (Å²) < 4.78 is 33.8. The third kappa shape index (κ3) is 4.68. The van der Waals surface area contributed by atoms with Crippen LogP contribution < -0.4 is 15.9 Å². The Morgan fingerprint density at radius 2 is 1.36 bits per heavy atom. The largest absolute Gasteiger partial charge is 0.405 e. The van der Waals surface area contributed by atoms with Crippen LogP contribution in [0.15, 0.2) is 108 Å². The number of benzene rings is 3. The Morgan fingerprint density at radius 3 is 1.94 bits per heavy atom. The average molecular weight is 439 g/mol. The monoisotopic (exact) mass is 439 g/mol. The van der Waals surface area contributed by atoms with Gasteiger partial charge in [-0.1, -0.05) is 60.7 Å². The van der Waals surface area contributed by atoms with Crippen molar-refractivity contribution in [1.29, 1.82) is 0 Å². The second-order valence-electron chi connectivity index (χ2n) is 7.72. The van der Waals surface area contributed by atoms with Gasteiger partial charge in [-0.2, -0.15) is 5.10 Å². The van der Waals surface area contributed by atoms with E-state index in [1.807, 2.05) is 48.5 Å². The van der Waals surface area contributed by atoms with Crippen molar-refractivity contribution in [1.82, 2.24) is 4.98 Å². The summed E-state index contributed by atoms with van der Waals surface area (Å²) in [5.41, 5.74) is 3.40. The van der Waals surface area contributed by atoms with Gasteiger partial charge < -0.3 is 4.65 Å². The molecule has 3 aromatic carbocycles. The molecule has 1 aromatic heterocycles. The van der Waals surface area contributed by atoms with Crippen LogP contribution in [0.3, 0.4) is 0 Å². The summed E-state index contributed by atoms with van der Waals surface area (Å²) in [5, 5.41) is 6.59. The van der Waals surface area contributed by atoms with Gasteiger partial charge in [0.25, 0.3) is 0 Å². The molecule has 1 aliphatic heterocycles. The molecule has 5 rings (SSSR count). The van der Waals surface area contributed by atoms with E-state index in [-0.39, 0.29) is 11.6 Å². The maximum Gasteiger partial charge on any atom is 0.363 e. The van der Waals surface area contributed by atoms with Crippen molar-refractivity contribution in [2.24, 2.45) is 5.10 Å². The smallest absolute Gasteiger partial charge is 0.363 e. The van der Waals surface area contributed by atoms with Crippen molar-refractivity contribution in [2.45, 2.75) is 12.6 Å². The lowest BCUT2D eigenvalue weighted by Gasteiger charge is -2.27. The van der Waals surface area contributed by atoms with E-state index in [0.717, 1.165) is 22.2 Å². The number of hydrogen-bond acceptors (Lipinski definition) is 4. The molecule has 4 nitrogen and oxygen atoms in total. The lowest BCUT2D eigenvalue weighted by Crippen LogP contribution is -2.49. The number of hydrazone groups is 1. The first-order valence-corrected chi connectivity index (χ1v) is 10.7. The summed E-state index contributed by atoms with van der Waals surface area (Å²) in [5.74, 6) is -0.00467. The van der Waals surface area contributed by atoms with Gasteiger partial charge in [0.15, 0.2) is 5.82 Å². The fraction of sp³-hybridized carbons (Fsp3) is 0.0769. The van der Waals surface area contributed by atoms with E-state index in [4.69, 9.17) is 9.76 Å². The Balaban J connectivity index is 1.51. The molecular formula is C26H20BF2N3O. The Morgan fingerprint density at radius 1 is 0.758 bits per heavy atom. The first kappa shape index (κ1) is 21.0. The van der Waals surface area contributed by atoms with Crippen molar-refractivity contribution in [3.05, 3.63) is 120 Å². The predicted molar refractivity (Wildman–Crippen MR) is 127 cm³/mol. The van der Waals surface area contributed by atoms with E-state index in [1.54, 1.807) is 35.5 Å². The van der Waals surface area contributed by atoms with Gasteiger partial charge in [0.2, 0.25) is 0 Å². The third-order valence-electron chi connectivity index (χ3n) is 5.50. The first-order valence-electron chi connectivity index (χ1n) is 10.7. The minimum Gasteiger partial charge on any atom is -0.405 e. The van der Waals surface area contributed by atoms with Crippen LogP contribution in [0.5, 0.6) is 0 Å². The Hall–Kier alpha value is -3.84. The van der Waals surface area contributed by atoms with E-state index in [2.05, 4.69) is 4.98 Å². The molecular weight excluding hydrogens is 419 g/mol. The van der Waals surface area contributed by atoms with Crippen LogP contribution in [0, 0.1) is 11.6 Å². The highest BCUT2D eigenvalue weighted by molar-refractivity contribution is 6.80. The van der Waals surface area contributed by atoms with Gasteiger partial charge in [-0.15, -0.1) is 0 Å². The minimum atomic E-state index is -0.548. The maximum atomic E-state index is 13.6. The molecule has 1 aliphatic rings. The zero-order chi connectivity index (χ0) is 22.6. The van der Waals surface area contributed by atoms with Crippen LogP contribution in [0.4, 0.5) is 14.6 Å². The van der Waals surface area contributed by atoms with E-state index in [0.29, 0.717) is 12.2 Å². The molecule has 162 valence electrons. The van der Waals surface area contributed by atoms with Gasteiger partial charge in [-0.3, -0.25) is 0 Å². The SMILES string of the molecule is Fc1ccc(B(OC2CC(c3ccccc3)=NN2c2ccccn2)c2ccc(F)cc2)cc1. The molecule has 1 atom stereocenters. The standard InChI is InChI=1S/C26H20BF2N3O/c28-22-13-9-20(10-14-22)27(21-11-15-23(29)16-12-21)33-26-18-24(19-6-2-1-3-7-19)31-32(26)25-8-4-5-17-30-25/h1-17,26H,18H2. The van der Waals surface area contributed by atoms with Gasteiger partial charge in [0.1, 0.15) is 17.9 Å². The van der Waals surface area contributed by atoms with Crippen LogP contribution in [0.2, 0.25) is 0 Å². The van der Waals surface area contributed by atoms with E-state index >= 15 is 0 Å². The topological polar surface area (TPSA) is 37.7 Å². The molecule has 0 aliphatic carbocycles. The highest BCUT2D eigenvalue weighted by Crippen LogP contribution is 2.26. The summed E-state index contributed by atoms with van der Waals surface area (Å²) in [4.78, 5) is 4.45. The number of anilines is 1. The van der Waals surface area contributed by atoms with Crippen LogP contribution in [-0.2, 0) is 4.65 Å². The summed E-state index contributed by atoms with van der Waals surface area (Å²) >= 11 is 0. The minimum absolute atomic E-state index is 0.331. The fourth-order valence-corrected chi connectivity index (χ4v) is 3.87. The molecule has 2 heterocycles. The normalized spacial score (nSPS) is 15.4. The molecule has 0 radical (unpaired) electrons. The van der Waals surface area contributed by atoms with Crippen LogP contribution in [0.1, 0.15) is 12.0 Å². The molecule has 4 aromatic rings. The van der Waals surface area contributed by atoms with Crippen molar-refractivity contribution in [2.75, 3.05) is 5.01 Å². The number of rotatable bonds is 6. The van der Waals surface area contributed by atoms with Gasteiger partial charge in [0, 0.05) is 12.6 Å². The van der Waals surface area contributed by atoms with Crippen LogP contribution >= 0.6 is 0 Å². The first-order chi connectivity index (χ1) is 16.2. The highest BCUT2D eigenvalue weighted by atomic mass is 19.1. The van der Waals surface area contributed by atoms with Gasteiger partial charge in [0.05, 0.1) is 5.71 Å². The van der Waals surface area contributed by atoms with Crippen LogP contribution in [-0.4, -0.2) is 23.8 Å². The summed E-state index contributed by atoms with van der Waals surface area (Å²) in [6.07, 6.45) is 1.77. The second-order valence-corrected chi connectivity index (χ2v) is 7.72. The molecule has 0 saturated heterocycles. The average Bonchev–Trinajstić information content (AvgIpc) is 3.29. The van der Waals surface area contributed by atoms with Gasteiger partial charge >= 0.3 is 6.92 Å². The quantitative estimate of drug-likeness (QED) is 0.425. The number of pyridine rings is 1. The molecule has 1 unspecified atom stereocenters. The van der Waals surface area contributed by atoms with E-state index < -0.39 is 13.1 Å². The molecule has 33 heavy (non-hydrogen) atoms. The van der Waals surface area contributed by atoms with Crippen molar-refractivity contribution in [3.63, 3.8) is 0 Å². The number of hydrogen-bond donors (Lipinski definition) is 0. The van der Waals surface area contributed by atoms with Gasteiger partial charge in [-0.05, 0) is 52.9 Å².